The minimum absolute atomic E-state index is 0.0206. The molecule has 34 heavy (non-hydrogen) atoms. The SMILES string of the molecule is CCC[C@H](CNC(=O)c1cc(F)c(-c2cnn(C)c2)nc1NCCc1cccc(F)c1)C(=O)O. The molecule has 3 N–H and O–H groups in total. The summed E-state index contributed by atoms with van der Waals surface area (Å²) in [6.45, 7) is 2.08. The number of carbonyl (C=O) groups is 2. The van der Waals surface area contributed by atoms with Gasteiger partial charge in [-0.05, 0) is 36.6 Å². The van der Waals surface area contributed by atoms with E-state index in [1.165, 1.54) is 23.0 Å². The number of anilines is 1. The number of carbonyl (C=O) groups excluding carboxylic acids is 1. The number of pyridine rings is 1. The van der Waals surface area contributed by atoms with Crippen molar-refractivity contribution in [3.63, 3.8) is 0 Å². The van der Waals surface area contributed by atoms with Gasteiger partial charge >= 0.3 is 5.97 Å². The van der Waals surface area contributed by atoms with Crippen LogP contribution in [0.3, 0.4) is 0 Å². The van der Waals surface area contributed by atoms with Crippen molar-refractivity contribution in [2.75, 3.05) is 18.4 Å². The van der Waals surface area contributed by atoms with Crippen LogP contribution >= 0.6 is 0 Å². The molecule has 180 valence electrons. The van der Waals surface area contributed by atoms with Gasteiger partial charge in [-0.1, -0.05) is 25.5 Å². The number of benzene rings is 1. The molecule has 2 aromatic heterocycles. The molecule has 0 aliphatic carbocycles. The van der Waals surface area contributed by atoms with Crippen molar-refractivity contribution < 1.29 is 23.5 Å². The third kappa shape index (κ3) is 6.37. The van der Waals surface area contributed by atoms with Crippen LogP contribution in [0.1, 0.15) is 35.7 Å². The first-order valence-corrected chi connectivity index (χ1v) is 11.0. The zero-order valence-corrected chi connectivity index (χ0v) is 19.0. The fraction of sp³-hybridized carbons (Fsp3) is 0.333. The highest BCUT2D eigenvalue weighted by Crippen LogP contribution is 2.25. The lowest BCUT2D eigenvalue weighted by atomic mass is 10.0. The third-order valence-electron chi connectivity index (χ3n) is 5.29. The number of halogens is 2. The first-order chi connectivity index (χ1) is 16.3. The molecule has 1 aromatic carbocycles. The highest BCUT2D eigenvalue weighted by Gasteiger charge is 2.22. The van der Waals surface area contributed by atoms with Crippen LogP contribution in [-0.2, 0) is 18.3 Å². The number of amides is 1. The van der Waals surface area contributed by atoms with Gasteiger partial charge < -0.3 is 15.7 Å². The Kier molecular flexibility index (Phi) is 8.29. The predicted molar refractivity (Wildman–Crippen MR) is 123 cm³/mol. The summed E-state index contributed by atoms with van der Waals surface area (Å²) in [5, 5.41) is 19.0. The van der Waals surface area contributed by atoms with Crippen LogP contribution in [0.15, 0.2) is 42.7 Å². The van der Waals surface area contributed by atoms with E-state index < -0.39 is 23.6 Å². The zero-order valence-electron chi connectivity index (χ0n) is 19.0. The van der Waals surface area contributed by atoms with E-state index in [0.717, 1.165) is 11.6 Å². The summed E-state index contributed by atoms with van der Waals surface area (Å²) in [6.07, 6.45) is 4.56. The summed E-state index contributed by atoms with van der Waals surface area (Å²) < 4.78 is 29.9. The molecule has 0 radical (unpaired) electrons. The number of aromatic nitrogens is 3. The van der Waals surface area contributed by atoms with Crippen molar-refractivity contribution in [1.82, 2.24) is 20.1 Å². The number of hydrogen-bond donors (Lipinski definition) is 3. The van der Waals surface area contributed by atoms with Crippen LogP contribution in [0.2, 0.25) is 0 Å². The number of carboxylic acid groups (broad SMARTS) is 1. The van der Waals surface area contributed by atoms with Crippen molar-refractivity contribution >= 4 is 17.7 Å². The maximum atomic E-state index is 14.9. The smallest absolute Gasteiger partial charge is 0.308 e. The first kappa shape index (κ1) is 24.8. The highest BCUT2D eigenvalue weighted by molar-refractivity contribution is 5.99. The average Bonchev–Trinajstić information content (AvgIpc) is 3.23. The molecule has 0 bridgehead atoms. The Morgan fingerprint density at radius 1 is 1.24 bits per heavy atom. The standard InChI is InChI=1S/C24H27F2N5O3/c1-3-5-16(24(33)34)12-28-23(32)19-11-20(26)21(17-13-29-31(2)14-17)30-22(19)27-9-8-15-6-4-7-18(25)10-15/h4,6-7,10-11,13-14,16H,3,5,8-9,12H2,1-2H3,(H,27,30)(H,28,32)(H,33,34)/t16-/m1/s1. The molecular formula is C24H27F2N5O3. The second-order valence-corrected chi connectivity index (χ2v) is 7.96. The van der Waals surface area contributed by atoms with Gasteiger partial charge in [0.2, 0.25) is 0 Å². The van der Waals surface area contributed by atoms with E-state index in [1.54, 1.807) is 25.4 Å². The molecular weight excluding hydrogens is 444 g/mol. The fourth-order valence-corrected chi connectivity index (χ4v) is 3.53. The van der Waals surface area contributed by atoms with Gasteiger partial charge in [0.15, 0.2) is 5.82 Å². The van der Waals surface area contributed by atoms with Crippen molar-refractivity contribution in [2.45, 2.75) is 26.2 Å². The van der Waals surface area contributed by atoms with Crippen LogP contribution < -0.4 is 10.6 Å². The molecule has 3 rings (SSSR count). The van der Waals surface area contributed by atoms with Crippen molar-refractivity contribution in [3.05, 3.63) is 65.5 Å². The lowest BCUT2D eigenvalue weighted by Crippen LogP contribution is -2.33. The molecule has 0 unspecified atom stereocenters. The summed E-state index contributed by atoms with van der Waals surface area (Å²) in [5.41, 5.74) is 1.16. The summed E-state index contributed by atoms with van der Waals surface area (Å²) >= 11 is 0. The van der Waals surface area contributed by atoms with Crippen LogP contribution in [-0.4, -0.2) is 44.8 Å². The van der Waals surface area contributed by atoms with Gasteiger partial charge in [-0.15, -0.1) is 0 Å². The van der Waals surface area contributed by atoms with Crippen LogP contribution in [0.4, 0.5) is 14.6 Å². The van der Waals surface area contributed by atoms with E-state index >= 15 is 0 Å². The third-order valence-corrected chi connectivity index (χ3v) is 5.29. The summed E-state index contributed by atoms with van der Waals surface area (Å²) in [7, 11) is 1.69. The van der Waals surface area contributed by atoms with Gasteiger partial charge in [0.1, 0.15) is 17.3 Å². The number of nitrogens with zero attached hydrogens (tertiary/aromatic N) is 3. The molecule has 0 aliphatic rings. The maximum absolute atomic E-state index is 14.9. The van der Waals surface area contributed by atoms with Crippen LogP contribution in [0.5, 0.6) is 0 Å². The van der Waals surface area contributed by atoms with Crippen LogP contribution in [0.25, 0.3) is 11.3 Å². The summed E-state index contributed by atoms with van der Waals surface area (Å²) in [6, 6.07) is 7.22. The monoisotopic (exact) mass is 471 g/mol. The predicted octanol–water partition coefficient (Wildman–Crippen LogP) is 3.65. The molecule has 0 aliphatic heterocycles. The van der Waals surface area contributed by atoms with Crippen molar-refractivity contribution in [1.29, 1.82) is 0 Å². The van der Waals surface area contributed by atoms with E-state index in [1.807, 2.05) is 6.92 Å². The highest BCUT2D eigenvalue weighted by atomic mass is 19.1. The van der Waals surface area contributed by atoms with Crippen LogP contribution in [0, 0.1) is 17.6 Å². The molecule has 0 saturated carbocycles. The van der Waals surface area contributed by atoms with Crippen molar-refractivity contribution in [2.24, 2.45) is 13.0 Å². The minimum Gasteiger partial charge on any atom is -0.481 e. The normalized spacial score (nSPS) is 11.8. The Morgan fingerprint density at radius 2 is 2.03 bits per heavy atom. The number of rotatable bonds is 11. The zero-order chi connectivity index (χ0) is 24.7. The van der Waals surface area contributed by atoms with Gasteiger partial charge in [0.05, 0.1) is 17.7 Å². The van der Waals surface area contributed by atoms with E-state index in [0.29, 0.717) is 31.4 Å². The minimum atomic E-state index is -1.01. The Labute approximate surface area is 196 Å². The second kappa shape index (κ2) is 11.4. The molecule has 0 saturated heterocycles. The largest absolute Gasteiger partial charge is 0.481 e. The number of nitrogens with one attached hydrogen (secondary N) is 2. The Balaban J connectivity index is 1.84. The Morgan fingerprint density at radius 3 is 2.68 bits per heavy atom. The topological polar surface area (TPSA) is 109 Å². The Hall–Kier alpha value is -3.82. The van der Waals surface area contributed by atoms with Crippen molar-refractivity contribution in [3.8, 4) is 11.3 Å². The molecule has 10 heteroatoms. The average molecular weight is 472 g/mol. The summed E-state index contributed by atoms with van der Waals surface area (Å²) in [5.74, 6) is -3.32. The second-order valence-electron chi connectivity index (χ2n) is 7.96. The summed E-state index contributed by atoms with van der Waals surface area (Å²) in [4.78, 5) is 28.6. The molecule has 1 atom stereocenters. The van der Waals surface area contributed by atoms with Gasteiger partial charge in [-0.2, -0.15) is 5.10 Å². The van der Waals surface area contributed by atoms with E-state index in [9.17, 15) is 23.5 Å². The molecule has 3 aromatic rings. The van der Waals surface area contributed by atoms with Gasteiger partial charge in [-0.3, -0.25) is 14.3 Å². The number of aryl methyl sites for hydroxylation is 1. The van der Waals surface area contributed by atoms with Gasteiger partial charge in [-0.25, -0.2) is 13.8 Å². The number of aliphatic carboxylic acids is 1. The maximum Gasteiger partial charge on any atom is 0.308 e. The Bertz CT molecular complexity index is 1170. The van der Waals surface area contributed by atoms with Gasteiger partial charge in [0, 0.05) is 31.9 Å². The van der Waals surface area contributed by atoms with E-state index in [-0.39, 0.29) is 29.4 Å². The lowest BCUT2D eigenvalue weighted by molar-refractivity contribution is -0.141. The molecule has 0 fully saturated rings. The molecule has 8 nitrogen and oxygen atoms in total. The van der Waals surface area contributed by atoms with Gasteiger partial charge in [0.25, 0.3) is 5.91 Å². The first-order valence-electron chi connectivity index (χ1n) is 11.0. The fourth-order valence-electron chi connectivity index (χ4n) is 3.53. The van der Waals surface area contributed by atoms with E-state index in [4.69, 9.17) is 0 Å². The quantitative estimate of drug-likeness (QED) is 0.394. The lowest BCUT2D eigenvalue weighted by Gasteiger charge is -2.16. The van der Waals surface area contributed by atoms with E-state index in [2.05, 4.69) is 20.7 Å². The molecule has 0 spiro atoms. The molecule has 2 heterocycles. The number of carboxylic acids is 1. The molecule has 1 amide bonds. The number of hydrogen-bond acceptors (Lipinski definition) is 5.